The van der Waals surface area contributed by atoms with Gasteiger partial charge in [-0.05, 0) is 39.3 Å². The van der Waals surface area contributed by atoms with E-state index >= 15 is 0 Å². The van der Waals surface area contributed by atoms with Gasteiger partial charge in [-0.25, -0.2) is 0 Å². The lowest BCUT2D eigenvalue weighted by molar-refractivity contribution is -0.123. The number of benzene rings is 1. The zero-order valence-corrected chi connectivity index (χ0v) is 12.5. The molecule has 4 heteroatoms. The summed E-state index contributed by atoms with van der Waals surface area (Å²) in [5.74, 6) is -0.332. The van der Waals surface area contributed by atoms with Gasteiger partial charge in [-0.15, -0.1) is 0 Å². The van der Waals surface area contributed by atoms with Crippen LogP contribution in [0, 0.1) is 6.92 Å². The molecule has 1 rings (SSSR count). The highest BCUT2D eigenvalue weighted by Crippen LogP contribution is 2.20. The van der Waals surface area contributed by atoms with Crippen LogP contribution in [-0.2, 0) is 4.79 Å². The van der Waals surface area contributed by atoms with E-state index in [0.717, 1.165) is 5.69 Å². The second-order valence-corrected chi connectivity index (χ2v) is 5.64. The number of primary amides is 1. The normalized spacial score (nSPS) is 14.2. The summed E-state index contributed by atoms with van der Waals surface area (Å²) < 4.78 is 0. The van der Waals surface area contributed by atoms with Gasteiger partial charge in [-0.2, -0.15) is 0 Å². The van der Waals surface area contributed by atoms with Crippen molar-refractivity contribution in [2.45, 2.75) is 39.3 Å². The Balaban J connectivity index is 2.91. The van der Waals surface area contributed by atoms with Gasteiger partial charge in [-0.1, -0.05) is 18.2 Å². The number of nitrogens with one attached hydrogen (secondary N) is 1. The first-order valence-electron chi connectivity index (χ1n) is 6.60. The predicted octanol–water partition coefficient (Wildman–Crippen LogP) is 1.67. The van der Waals surface area contributed by atoms with Crippen molar-refractivity contribution in [3.63, 3.8) is 0 Å². The molecule has 1 amide bonds. The van der Waals surface area contributed by atoms with Crippen molar-refractivity contribution in [3.05, 3.63) is 29.8 Å². The number of carbonyl (C=O) groups excluding carboxylic acids is 1. The number of anilines is 1. The monoisotopic (exact) mass is 263 g/mol. The molecular formula is C15H25N3O. The van der Waals surface area contributed by atoms with Crippen LogP contribution in [0.1, 0.15) is 26.3 Å². The van der Waals surface area contributed by atoms with E-state index in [0.29, 0.717) is 6.54 Å². The van der Waals surface area contributed by atoms with Crippen LogP contribution in [0.3, 0.4) is 0 Å². The molecule has 0 aliphatic rings. The summed E-state index contributed by atoms with van der Waals surface area (Å²) in [5, 5.41) is 3.26. The third kappa shape index (κ3) is 3.96. The molecule has 0 fully saturated rings. The number of nitrogens with two attached hydrogens (primary N) is 1. The Hall–Kier alpha value is -1.55. The van der Waals surface area contributed by atoms with Crippen molar-refractivity contribution in [2.24, 2.45) is 5.73 Å². The Morgan fingerprint density at radius 1 is 1.42 bits per heavy atom. The summed E-state index contributed by atoms with van der Waals surface area (Å²) in [6.45, 7) is 8.46. The van der Waals surface area contributed by atoms with Gasteiger partial charge in [0.15, 0.2) is 0 Å². The van der Waals surface area contributed by atoms with E-state index in [1.807, 2.05) is 46.0 Å². The SMILES string of the molecule is Cc1ccccc1N(C)CC(C)(NC(C)C)C(N)=O. The van der Waals surface area contributed by atoms with Crippen molar-refractivity contribution in [1.82, 2.24) is 5.32 Å². The maximum atomic E-state index is 11.7. The predicted molar refractivity (Wildman–Crippen MR) is 80.3 cm³/mol. The van der Waals surface area contributed by atoms with Gasteiger partial charge in [-0.3, -0.25) is 10.1 Å². The van der Waals surface area contributed by atoms with Crippen LogP contribution >= 0.6 is 0 Å². The molecule has 0 aliphatic heterocycles. The van der Waals surface area contributed by atoms with Gasteiger partial charge in [0.25, 0.3) is 0 Å². The molecule has 1 unspecified atom stereocenters. The third-order valence-electron chi connectivity index (χ3n) is 3.23. The van der Waals surface area contributed by atoms with Crippen LogP contribution in [-0.4, -0.2) is 31.1 Å². The van der Waals surface area contributed by atoms with Crippen LogP contribution < -0.4 is 16.0 Å². The van der Waals surface area contributed by atoms with Crippen LogP contribution in [0.15, 0.2) is 24.3 Å². The number of para-hydroxylation sites is 1. The molecule has 1 aromatic rings. The highest BCUT2D eigenvalue weighted by molar-refractivity contribution is 5.85. The fourth-order valence-corrected chi connectivity index (χ4v) is 2.38. The highest BCUT2D eigenvalue weighted by atomic mass is 16.1. The molecule has 0 spiro atoms. The molecule has 1 aromatic carbocycles. The first-order chi connectivity index (χ1) is 8.76. The van der Waals surface area contributed by atoms with E-state index in [1.54, 1.807) is 0 Å². The molecule has 106 valence electrons. The summed E-state index contributed by atoms with van der Waals surface area (Å²) in [6.07, 6.45) is 0. The number of aryl methyl sites for hydroxylation is 1. The Morgan fingerprint density at radius 2 is 2.00 bits per heavy atom. The average Bonchev–Trinajstić information content (AvgIpc) is 2.27. The number of rotatable bonds is 6. The Kier molecular flexibility index (Phi) is 4.95. The lowest BCUT2D eigenvalue weighted by Gasteiger charge is -2.35. The average molecular weight is 263 g/mol. The largest absolute Gasteiger partial charge is 0.372 e. The number of carbonyl (C=O) groups is 1. The Labute approximate surface area is 116 Å². The van der Waals surface area contributed by atoms with Crippen molar-refractivity contribution in [1.29, 1.82) is 0 Å². The maximum absolute atomic E-state index is 11.7. The standard InChI is InChI=1S/C15H25N3O/c1-11(2)17-15(4,14(16)19)10-18(5)13-9-7-6-8-12(13)3/h6-9,11,17H,10H2,1-5H3,(H2,16,19). The molecule has 0 aliphatic carbocycles. The molecule has 0 aromatic heterocycles. The summed E-state index contributed by atoms with van der Waals surface area (Å²) in [5.41, 5.74) is 7.10. The minimum absolute atomic E-state index is 0.197. The summed E-state index contributed by atoms with van der Waals surface area (Å²) in [4.78, 5) is 13.8. The number of likely N-dealkylation sites (N-methyl/N-ethyl adjacent to an activating group) is 1. The third-order valence-corrected chi connectivity index (χ3v) is 3.23. The van der Waals surface area contributed by atoms with Crippen molar-refractivity contribution >= 4 is 11.6 Å². The molecular weight excluding hydrogens is 238 g/mol. The molecule has 0 saturated carbocycles. The lowest BCUT2D eigenvalue weighted by atomic mass is 9.99. The van der Waals surface area contributed by atoms with E-state index in [1.165, 1.54) is 5.56 Å². The molecule has 0 heterocycles. The van der Waals surface area contributed by atoms with Crippen LogP contribution in [0.4, 0.5) is 5.69 Å². The lowest BCUT2D eigenvalue weighted by Crippen LogP contribution is -2.61. The van der Waals surface area contributed by atoms with Crippen LogP contribution in [0.2, 0.25) is 0 Å². The smallest absolute Gasteiger partial charge is 0.239 e. The number of hydrogen-bond acceptors (Lipinski definition) is 3. The summed E-state index contributed by atoms with van der Waals surface area (Å²) >= 11 is 0. The number of nitrogens with zero attached hydrogens (tertiary/aromatic N) is 1. The molecule has 0 saturated heterocycles. The highest BCUT2D eigenvalue weighted by Gasteiger charge is 2.33. The van der Waals surface area contributed by atoms with Gasteiger partial charge in [0.05, 0.1) is 0 Å². The fourth-order valence-electron chi connectivity index (χ4n) is 2.38. The van der Waals surface area contributed by atoms with E-state index in [9.17, 15) is 4.79 Å². The van der Waals surface area contributed by atoms with Crippen molar-refractivity contribution in [3.8, 4) is 0 Å². The summed E-state index contributed by atoms with van der Waals surface area (Å²) in [6, 6.07) is 8.31. The second kappa shape index (κ2) is 6.06. The minimum Gasteiger partial charge on any atom is -0.372 e. The molecule has 0 radical (unpaired) electrons. The van der Waals surface area contributed by atoms with Gasteiger partial charge in [0, 0.05) is 25.3 Å². The molecule has 0 bridgehead atoms. The van der Waals surface area contributed by atoms with Gasteiger partial charge in [0.1, 0.15) is 5.54 Å². The minimum atomic E-state index is -0.745. The molecule has 4 nitrogen and oxygen atoms in total. The maximum Gasteiger partial charge on any atom is 0.239 e. The zero-order valence-electron chi connectivity index (χ0n) is 12.5. The molecule has 1 atom stereocenters. The van der Waals surface area contributed by atoms with Crippen molar-refractivity contribution < 1.29 is 4.79 Å². The first kappa shape index (κ1) is 15.5. The Bertz CT molecular complexity index is 445. The van der Waals surface area contributed by atoms with E-state index < -0.39 is 5.54 Å². The molecule has 19 heavy (non-hydrogen) atoms. The van der Waals surface area contributed by atoms with Crippen LogP contribution in [0.5, 0.6) is 0 Å². The van der Waals surface area contributed by atoms with Gasteiger partial charge in [0.2, 0.25) is 5.91 Å². The Morgan fingerprint density at radius 3 is 2.47 bits per heavy atom. The first-order valence-corrected chi connectivity index (χ1v) is 6.60. The van der Waals surface area contributed by atoms with Crippen LogP contribution in [0.25, 0.3) is 0 Å². The van der Waals surface area contributed by atoms with Crippen molar-refractivity contribution in [2.75, 3.05) is 18.5 Å². The fraction of sp³-hybridized carbons (Fsp3) is 0.533. The van der Waals surface area contributed by atoms with E-state index in [-0.39, 0.29) is 11.9 Å². The topological polar surface area (TPSA) is 58.4 Å². The number of hydrogen-bond donors (Lipinski definition) is 2. The number of amides is 1. The molecule has 3 N–H and O–H groups in total. The quantitative estimate of drug-likeness (QED) is 0.821. The second-order valence-electron chi connectivity index (χ2n) is 5.64. The van der Waals surface area contributed by atoms with Gasteiger partial charge < -0.3 is 10.6 Å². The zero-order chi connectivity index (χ0) is 14.6. The summed E-state index contributed by atoms with van der Waals surface area (Å²) in [7, 11) is 1.98. The van der Waals surface area contributed by atoms with Gasteiger partial charge >= 0.3 is 0 Å². The van der Waals surface area contributed by atoms with E-state index in [4.69, 9.17) is 5.73 Å². The van der Waals surface area contributed by atoms with E-state index in [2.05, 4.69) is 23.2 Å².